The molecule has 0 spiro atoms. The predicted octanol–water partition coefficient (Wildman–Crippen LogP) is 1.74. The fourth-order valence-corrected chi connectivity index (χ4v) is 2.36. The van der Waals surface area contributed by atoms with Gasteiger partial charge in [0.2, 0.25) is 0 Å². The largest absolute Gasteiger partial charge is 0.374 e. The average Bonchev–Trinajstić information content (AvgIpc) is 2.71. The molecule has 2 aliphatic heterocycles. The Bertz CT molecular complexity index is 177. The van der Waals surface area contributed by atoms with Crippen molar-refractivity contribution in [2.75, 3.05) is 19.6 Å². The third kappa shape index (κ3) is 2.05. The Morgan fingerprint density at radius 3 is 2.54 bits per heavy atom. The maximum absolute atomic E-state index is 4.22. The van der Waals surface area contributed by atoms with E-state index in [4.69, 9.17) is 0 Å². The number of nitrogens with one attached hydrogen (secondary N) is 1. The van der Waals surface area contributed by atoms with E-state index in [-0.39, 0.29) is 0 Å². The molecule has 0 aliphatic carbocycles. The monoisotopic (exact) mass is 180 g/mol. The van der Waals surface area contributed by atoms with E-state index in [0.29, 0.717) is 6.04 Å². The van der Waals surface area contributed by atoms with Crippen LogP contribution in [0.25, 0.3) is 0 Å². The molecule has 0 aromatic heterocycles. The summed E-state index contributed by atoms with van der Waals surface area (Å²) in [6, 6.07) is 0.576. The van der Waals surface area contributed by atoms with Gasteiger partial charge >= 0.3 is 0 Å². The Labute approximate surface area is 81.0 Å². The van der Waals surface area contributed by atoms with Crippen molar-refractivity contribution in [3.63, 3.8) is 0 Å². The molecule has 0 saturated carbocycles. The Morgan fingerprint density at radius 2 is 1.92 bits per heavy atom. The minimum absolute atomic E-state index is 0.576. The zero-order chi connectivity index (χ0) is 9.10. The van der Waals surface area contributed by atoms with Crippen molar-refractivity contribution in [3.05, 3.63) is 12.3 Å². The van der Waals surface area contributed by atoms with Crippen LogP contribution < -0.4 is 5.32 Å². The second kappa shape index (κ2) is 4.14. The lowest BCUT2D eigenvalue weighted by Gasteiger charge is -2.31. The molecule has 0 bridgehead atoms. The number of nitrogens with zero attached hydrogens (tertiary/aromatic N) is 1. The molecular weight excluding hydrogens is 160 g/mol. The van der Waals surface area contributed by atoms with E-state index in [1.54, 1.807) is 0 Å². The van der Waals surface area contributed by atoms with Crippen LogP contribution in [0.4, 0.5) is 0 Å². The smallest absolute Gasteiger partial charge is 0.0465 e. The average molecular weight is 180 g/mol. The van der Waals surface area contributed by atoms with Crippen molar-refractivity contribution in [1.82, 2.24) is 10.2 Å². The molecule has 2 rings (SSSR count). The van der Waals surface area contributed by atoms with Crippen molar-refractivity contribution < 1.29 is 0 Å². The van der Waals surface area contributed by atoms with Crippen LogP contribution >= 0.6 is 0 Å². The fraction of sp³-hybridized carbons (Fsp3) is 0.818. The van der Waals surface area contributed by atoms with Crippen LogP contribution in [-0.4, -0.2) is 30.6 Å². The Morgan fingerprint density at radius 1 is 1.15 bits per heavy atom. The van der Waals surface area contributed by atoms with E-state index in [0.717, 1.165) is 0 Å². The molecule has 0 radical (unpaired) electrons. The predicted molar refractivity (Wildman–Crippen MR) is 55.6 cm³/mol. The number of piperidine rings is 1. The van der Waals surface area contributed by atoms with Gasteiger partial charge in [0.1, 0.15) is 0 Å². The van der Waals surface area contributed by atoms with Gasteiger partial charge in [-0.3, -0.25) is 0 Å². The van der Waals surface area contributed by atoms with Gasteiger partial charge in [-0.15, -0.1) is 0 Å². The van der Waals surface area contributed by atoms with E-state index >= 15 is 0 Å². The molecule has 0 amide bonds. The SMILES string of the molecule is C=C(C1CCCCN1)N1CCCC1. The molecule has 0 aromatic carbocycles. The van der Waals surface area contributed by atoms with Crippen LogP contribution in [0, 0.1) is 0 Å². The zero-order valence-corrected chi connectivity index (χ0v) is 8.39. The highest BCUT2D eigenvalue weighted by Gasteiger charge is 2.21. The first-order valence-corrected chi connectivity index (χ1v) is 5.55. The summed E-state index contributed by atoms with van der Waals surface area (Å²) in [6.45, 7) is 7.87. The summed E-state index contributed by atoms with van der Waals surface area (Å²) < 4.78 is 0. The summed E-state index contributed by atoms with van der Waals surface area (Å²) in [4.78, 5) is 2.46. The first-order chi connectivity index (χ1) is 6.38. The van der Waals surface area contributed by atoms with Gasteiger partial charge in [0.05, 0.1) is 0 Å². The van der Waals surface area contributed by atoms with Gasteiger partial charge in [-0.2, -0.15) is 0 Å². The molecule has 2 heteroatoms. The van der Waals surface area contributed by atoms with Gasteiger partial charge in [0.25, 0.3) is 0 Å². The molecule has 13 heavy (non-hydrogen) atoms. The lowest BCUT2D eigenvalue weighted by molar-refractivity contribution is 0.334. The second-order valence-corrected chi connectivity index (χ2v) is 4.19. The van der Waals surface area contributed by atoms with Crippen LogP contribution in [0.5, 0.6) is 0 Å². The zero-order valence-electron chi connectivity index (χ0n) is 8.39. The summed E-state index contributed by atoms with van der Waals surface area (Å²) in [5.74, 6) is 0. The van der Waals surface area contributed by atoms with Gasteiger partial charge in [0, 0.05) is 24.8 Å². The highest BCUT2D eigenvalue weighted by molar-refractivity contribution is 5.06. The molecule has 2 aliphatic rings. The molecule has 2 nitrogen and oxygen atoms in total. The molecule has 2 heterocycles. The Hall–Kier alpha value is -0.500. The Kier molecular flexibility index (Phi) is 2.89. The molecule has 1 unspecified atom stereocenters. The van der Waals surface area contributed by atoms with Crippen LogP contribution in [0.3, 0.4) is 0 Å². The molecule has 0 aromatic rings. The van der Waals surface area contributed by atoms with E-state index in [2.05, 4.69) is 16.8 Å². The molecule has 1 atom stereocenters. The van der Waals surface area contributed by atoms with E-state index in [1.165, 1.54) is 57.4 Å². The van der Waals surface area contributed by atoms with E-state index in [1.807, 2.05) is 0 Å². The van der Waals surface area contributed by atoms with Crippen molar-refractivity contribution in [3.8, 4) is 0 Å². The number of hydrogen-bond acceptors (Lipinski definition) is 2. The standard InChI is InChI=1S/C11H20N2/c1-10(13-8-4-5-9-13)11-6-2-3-7-12-11/h11-12H,1-9H2. The summed E-state index contributed by atoms with van der Waals surface area (Å²) in [5.41, 5.74) is 1.34. The van der Waals surface area contributed by atoms with Crippen molar-refractivity contribution in [2.24, 2.45) is 0 Å². The minimum Gasteiger partial charge on any atom is -0.374 e. The van der Waals surface area contributed by atoms with Crippen LogP contribution in [-0.2, 0) is 0 Å². The van der Waals surface area contributed by atoms with Gasteiger partial charge in [-0.25, -0.2) is 0 Å². The number of likely N-dealkylation sites (tertiary alicyclic amines) is 1. The van der Waals surface area contributed by atoms with Gasteiger partial charge in [-0.1, -0.05) is 13.0 Å². The quantitative estimate of drug-likeness (QED) is 0.696. The Balaban J connectivity index is 1.87. The molecule has 2 fully saturated rings. The van der Waals surface area contributed by atoms with Gasteiger partial charge in [-0.05, 0) is 32.2 Å². The maximum atomic E-state index is 4.22. The van der Waals surface area contributed by atoms with Crippen LogP contribution in [0.15, 0.2) is 12.3 Å². The topological polar surface area (TPSA) is 15.3 Å². The minimum atomic E-state index is 0.576. The van der Waals surface area contributed by atoms with Crippen LogP contribution in [0.2, 0.25) is 0 Å². The highest BCUT2D eigenvalue weighted by Crippen LogP contribution is 2.20. The number of hydrogen-bond donors (Lipinski definition) is 1. The highest BCUT2D eigenvalue weighted by atomic mass is 15.2. The lowest BCUT2D eigenvalue weighted by Crippen LogP contribution is -2.40. The van der Waals surface area contributed by atoms with Crippen molar-refractivity contribution >= 4 is 0 Å². The lowest BCUT2D eigenvalue weighted by atomic mass is 10.0. The summed E-state index contributed by atoms with van der Waals surface area (Å²) in [6.07, 6.45) is 6.70. The van der Waals surface area contributed by atoms with E-state index < -0.39 is 0 Å². The maximum Gasteiger partial charge on any atom is 0.0465 e. The fourth-order valence-electron chi connectivity index (χ4n) is 2.36. The second-order valence-electron chi connectivity index (χ2n) is 4.19. The molecule has 74 valence electrons. The van der Waals surface area contributed by atoms with Gasteiger partial charge < -0.3 is 10.2 Å². The van der Waals surface area contributed by atoms with Crippen molar-refractivity contribution in [1.29, 1.82) is 0 Å². The third-order valence-electron chi connectivity index (χ3n) is 3.22. The van der Waals surface area contributed by atoms with E-state index in [9.17, 15) is 0 Å². The molecule has 2 saturated heterocycles. The van der Waals surface area contributed by atoms with Gasteiger partial charge in [0.15, 0.2) is 0 Å². The first-order valence-electron chi connectivity index (χ1n) is 5.55. The summed E-state index contributed by atoms with van der Waals surface area (Å²) >= 11 is 0. The summed E-state index contributed by atoms with van der Waals surface area (Å²) in [5, 5.41) is 3.55. The number of rotatable bonds is 2. The molecular formula is C11H20N2. The summed E-state index contributed by atoms with van der Waals surface area (Å²) in [7, 11) is 0. The third-order valence-corrected chi connectivity index (χ3v) is 3.22. The normalized spacial score (nSPS) is 29.2. The first kappa shape index (κ1) is 9.07. The van der Waals surface area contributed by atoms with Crippen molar-refractivity contribution in [2.45, 2.75) is 38.1 Å². The van der Waals surface area contributed by atoms with Crippen LogP contribution in [0.1, 0.15) is 32.1 Å². The molecule has 1 N–H and O–H groups in total.